The van der Waals surface area contributed by atoms with Crippen LogP contribution in [0.25, 0.3) is 0 Å². The molecule has 2 aliphatic rings. The molecule has 1 fully saturated rings. The molecule has 2 amide bonds. The van der Waals surface area contributed by atoms with Crippen molar-refractivity contribution in [2.45, 2.75) is 44.7 Å². The lowest BCUT2D eigenvalue weighted by Crippen LogP contribution is -2.51. The molecule has 26 heavy (non-hydrogen) atoms. The van der Waals surface area contributed by atoms with E-state index in [1.165, 1.54) is 24.8 Å². The zero-order valence-electron chi connectivity index (χ0n) is 15.1. The summed E-state index contributed by atoms with van der Waals surface area (Å²) in [6.07, 6.45) is 7.72. The first-order chi connectivity index (χ1) is 12.8. The van der Waals surface area contributed by atoms with Gasteiger partial charge in [0.05, 0.1) is 5.69 Å². The highest BCUT2D eigenvalue weighted by Crippen LogP contribution is 2.32. The second-order valence-electron chi connectivity index (χ2n) is 7.19. The Labute approximate surface area is 155 Å². The summed E-state index contributed by atoms with van der Waals surface area (Å²) in [5, 5.41) is 3.23. The summed E-state index contributed by atoms with van der Waals surface area (Å²) in [5.74, 6) is 0.890. The van der Waals surface area contributed by atoms with Crippen LogP contribution in [-0.4, -0.2) is 30.1 Å². The first-order valence-electron chi connectivity index (χ1n) is 9.63. The monoisotopic (exact) mass is 350 g/mol. The smallest absolute Gasteiger partial charge is 0.322 e. The summed E-state index contributed by atoms with van der Waals surface area (Å²) >= 11 is 0. The molecule has 2 aromatic rings. The molecule has 1 saturated carbocycles. The Bertz CT molecular complexity index is 743. The van der Waals surface area contributed by atoms with Crippen molar-refractivity contribution in [3.05, 3.63) is 54.2 Å². The van der Waals surface area contributed by atoms with Crippen LogP contribution in [0.3, 0.4) is 0 Å². The van der Waals surface area contributed by atoms with Crippen molar-refractivity contribution in [2.24, 2.45) is 0 Å². The van der Waals surface area contributed by atoms with Crippen LogP contribution in [0.15, 0.2) is 48.7 Å². The number of urea groups is 1. The van der Waals surface area contributed by atoms with Gasteiger partial charge in [0, 0.05) is 31.9 Å². The van der Waals surface area contributed by atoms with Crippen LogP contribution >= 0.6 is 0 Å². The van der Waals surface area contributed by atoms with Gasteiger partial charge in [-0.15, -0.1) is 0 Å². The number of nitrogens with one attached hydrogen (secondary N) is 1. The fourth-order valence-corrected chi connectivity index (χ4v) is 3.96. The van der Waals surface area contributed by atoms with Crippen molar-refractivity contribution in [3.8, 4) is 0 Å². The van der Waals surface area contributed by atoms with E-state index in [1.807, 2.05) is 23.1 Å². The molecular weight excluding hydrogens is 324 g/mol. The van der Waals surface area contributed by atoms with Gasteiger partial charge in [0.15, 0.2) is 5.82 Å². The standard InChI is InChI=1S/C21H26N4O/c26-21(23-18-10-5-2-6-11-18)25-15-14-24(16-17-8-3-1-4-9-17)20-19(25)12-7-13-22-20/h1,3-4,7-9,12-13,18H,2,5-6,10-11,14-16H2,(H,23,26). The summed E-state index contributed by atoms with van der Waals surface area (Å²) in [4.78, 5) is 21.6. The van der Waals surface area contributed by atoms with Gasteiger partial charge in [-0.25, -0.2) is 9.78 Å². The maximum Gasteiger partial charge on any atom is 0.322 e. The van der Waals surface area contributed by atoms with Gasteiger partial charge >= 0.3 is 6.03 Å². The fourth-order valence-electron chi connectivity index (χ4n) is 3.96. The van der Waals surface area contributed by atoms with Crippen LogP contribution in [0, 0.1) is 0 Å². The van der Waals surface area contributed by atoms with Crippen molar-refractivity contribution >= 4 is 17.5 Å². The predicted octanol–water partition coefficient (Wildman–Crippen LogP) is 3.95. The van der Waals surface area contributed by atoms with Gasteiger partial charge in [-0.05, 0) is 30.5 Å². The first kappa shape index (κ1) is 16.9. The van der Waals surface area contributed by atoms with Gasteiger partial charge in [-0.1, -0.05) is 49.6 Å². The third-order valence-corrected chi connectivity index (χ3v) is 5.34. The van der Waals surface area contributed by atoms with Crippen LogP contribution in [0.1, 0.15) is 37.7 Å². The minimum atomic E-state index is 0.0190. The molecule has 0 spiro atoms. The van der Waals surface area contributed by atoms with Crippen LogP contribution in [0.5, 0.6) is 0 Å². The van der Waals surface area contributed by atoms with E-state index in [2.05, 4.69) is 39.5 Å². The summed E-state index contributed by atoms with van der Waals surface area (Å²) < 4.78 is 0. The van der Waals surface area contributed by atoms with E-state index in [-0.39, 0.29) is 6.03 Å². The molecule has 0 radical (unpaired) electrons. The van der Waals surface area contributed by atoms with Crippen molar-refractivity contribution in [2.75, 3.05) is 22.9 Å². The fraction of sp³-hybridized carbons (Fsp3) is 0.429. The van der Waals surface area contributed by atoms with Crippen molar-refractivity contribution in [1.29, 1.82) is 0 Å². The quantitative estimate of drug-likeness (QED) is 0.912. The van der Waals surface area contributed by atoms with Crippen LogP contribution in [-0.2, 0) is 6.54 Å². The van der Waals surface area contributed by atoms with E-state index in [0.717, 1.165) is 37.4 Å². The Balaban J connectivity index is 1.50. The van der Waals surface area contributed by atoms with Crippen LogP contribution < -0.4 is 15.1 Å². The third kappa shape index (κ3) is 3.66. The molecule has 136 valence electrons. The number of amides is 2. The Morgan fingerprint density at radius 1 is 1.04 bits per heavy atom. The zero-order valence-corrected chi connectivity index (χ0v) is 15.1. The first-order valence-corrected chi connectivity index (χ1v) is 9.63. The van der Waals surface area contributed by atoms with Crippen LogP contribution in [0.4, 0.5) is 16.3 Å². The number of pyridine rings is 1. The van der Waals surface area contributed by atoms with E-state index in [9.17, 15) is 4.79 Å². The van der Waals surface area contributed by atoms with Gasteiger partial charge < -0.3 is 10.2 Å². The number of nitrogens with zero attached hydrogens (tertiary/aromatic N) is 3. The lowest BCUT2D eigenvalue weighted by atomic mass is 9.96. The topological polar surface area (TPSA) is 48.5 Å². The van der Waals surface area contributed by atoms with E-state index >= 15 is 0 Å². The van der Waals surface area contributed by atoms with E-state index < -0.39 is 0 Å². The number of hydrogen-bond acceptors (Lipinski definition) is 3. The molecular formula is C21H26N4O. The van der Waals surface area contributed by atoms with Crippen molar-refractivity contribution in [1.82, 2.24) is 10.3 Å². The molecule has 5 nitrogen and oxygen atoms in total. The number of rotatable bonds is 3. The molecule has 2 heterocycles. The number of aromatic nitrogens is 1. The Morgan fingerprint density at radius 3 is 2.65 bits per heavy atom. The Kier molecular flexibility index (Phi) is 5.04. The molecule has 1 aliphatic carbocycles. The zero-order chi connectivity index (χ0) is 17.8. The Hall–Kier alpha value is -2.56. The second-order valence-corrected chi connectivity index (χ2v) is 7.19. The number of benzene rings is 1. The summed E-state index contributed by atoms with van der Waals surface area (Å²) in [6, 6.07) is 14.7. The summed E-state index contributed by atoms with van der Waals surface area (Å²) in [6.45, 7) is 2.28. The number of anilines is 2. The molecule has 0 unspecified atom stereocenters. The summed E-state index contributed by atoms with van der Waals surface area (Å²) in [5.41, 5.74) is 2.16. The number of carbonyl (C=O) groups excluding carboxylic acids is 1. The van der Waals surface area contributed by atoms with E-state index in [4.69, 9.17) is 0 Å². The number of hydrogen-bond donors (Lipinski definition) is 1. The molecule has 1 aromatic heterocycles. The minimum absolute atomic E-state index is 0.0190. The van der Waals surface area contributed by atoms with Gasteiger partial charge in [-0.2, -0.15) is 0 Å². The largest absolute Gasteiger partial charge is 0.349 e. The lowest BCUT2D eigenvalue weighted by molar-refractivity contribution is 0.238. The normalized spacial score (nSPS) is 17.7. The molecule has 1 aliphatic heterocycles. The highest BCUT2D eigenvalue weighted by atomic mass is 16.2. The highest BCUT2D eigenvalue weighted by molar-refractivity contribution is 5.96. The molecule has 5 heteroatoms. The Morgan fingerprint density at radius 2 is 1.85 bits per heavy atom. The molecule has 1 aromatic carbocycles. The SMILES string of the molecule is O=C(NC1CCCCC1)N1CCN(Cc2ccccc2)c2ncccc21. The summed E-state index contributed by atoms with van der Waals surface area (Å²) in [7, 11) is 0. The van der Waals surface area contributed by atoms with Crippen molar-refractivity contribution in [3.63, 3.8) is 0 Å². The molecule has 0 saturated heterocycles. The van der Waals surface area contributed by atoms with Gasteiger partial charge in [-0.3, -0.25) is 4.90 Å². The van der Waals surface area contributed by atoms with Gasteiger partial charge in [0.25, 0.3) is 0 Å². The average molecular weight is 350 g/mol. The molecule has 0 atom stereocenters. The number of carbonyl (C=O) groups is 1. The third-order valence-electron chi connectivity index (χ3n) is 5.34. The van der Waals surface area contributed by atoms with Gasteiger partial charge in [0.2, 0.25) is 0 Å². The predicted molar refractivity (Wildman–Crippen MR) is 104 cm³/mol. The maximum atomic E-state index is 12.9. The molecule has 0 bridgehead atoms. The van der Waals surface area contributed by atoms with Crippen molar-refractivity contribution < 1.29 is 4.79 Å². The highest BCUT2D eigenvalue weighted by Gasteiger charge is 2.29. The maximum absolute atomic E-state index is 12.9. The lowest BCUT2D eigenvalue weighted by Gasteiger charge is -2.37. The van der Waals surface area contributed by atoms with Gasteiger partial charge in [0.1, 0.15) is 0 Å². The van der Waals surface area contributed by atoms with Crippen LogP contribution in [0.2, 0.25) is 0 Å². The number of fused-ring (bicyclic) bond motifs is 1. The van der Waals surface area contributed by atoms with E-state index in [1.54, 1.807) is 6.20 Å². The second kappa shape index (κ2) is 7.77. The van der Waals surface area contributed by atoms with E-state index in [0.29, 0.717) is 12.6 Å². The molecule has 4 rings (SSSR count). The minimum Gasteiger partial charge on any atom is -0.349 e. The molecule has 1 N–H and O–H groups in total. The average Bonchev–Trinajstić information content (AvgIpc) is 2.70.